The van der Waals surface area contributed by atoms with Crippen molar-refractivity contribution in [3.8, 4) is 11.5 Å². The van der Waals surface area contributed by atoms with Crippen molar-refractivity contribution in [2.45, 2.75) is 39.5 Å². The summed E-state index contributed by atoms with van der Waals surface area (Å²) in [6.07, 6.45) is 3.40. The molecule has 5 nitrogen and oxygen atoms in total. The maximum Gasteiger partial charge on any atom is 0.161 e. The first-order chi connectivity index (χ1) is 11.4. The molecule has 132 valence electrons. The summed E-state index contributed by atoms with van der Waals surface area (Å²) in [5, 5.41) is 23.4. The number of hydrogen-bond donors (Lipinski definition) is 3. The molecule has 5 heteroatoms. The fourth-order valence-electron chi connectivity index (χ4n) is 2.41. The van der Waals surface area contributed by atoms with Gasteiger partial charge in [0.05, 0.1) is 12.8 Å². The number of phenols is 1. The summed E-state index contributed by atoms with van der Waals surface area (Å²) in [7, 11) is 1.49. The van der Waals surface area contributed by atoms with Crippen LogP contribution in [0.15, 0.2) is 36.2 Å². The molecule has 0 radical (unpaired) electrons. The van der Waals surface area contributed by atoms with E-state index in [0.29, 0.717) is 49.2 Å². The van der Waals surface area contributed by atoms with Crippen LogP contribution in [0.3, 0.4) is 0 Å². The van der Waals surface area contributed by atoms with Crippen LogP contribution < -0.4 is 10.1 Å². The van der Waals surface area contributed by atoms with E-state index in [1.807, 2.05) is 13.0 Å². The van der Waals surface area contributed by atoms with Crippen LogP contribution >= 0.6 is 0 Å². The Balaban J connectivity index is 3.16. The van der Waals surface area contributed by atoms with Gasteiger partial charge in [-0.2, -0.15) is 0 Å². The molecular formula is C19H27NO4. The highest BCUT2D eigenvalue weighted by molar-refractivity contribution is 5.78. The Hall–Kier alpha value is -2.43. The van der Waals surface area contributed by atoms with Gasteiger partial charge in [0.15, 0.2) is 11.5 Å². The second-order valence-electron chi connectivity index (χ2n) is 5.56. The predicted molar refractivity (Wildman–Crippen MR) is 95.5 cm³/mol. The highest BCUT2D eigenvalue weighted by atomic mass is 16.5. The highest BCUT2D eigenvalue weighted by Gasteiger charge is 2.16. The van der Waals surface area contributed by atoms with Gasteiger partial charge in [0.25, 0.3) is 0 Å². The molecule has 0 aromatic heterocycles. The molecule has 0 saturated heterocycles. The molecule has 24 heavy (non-hydrogen) atoms. The third kappa shape index (κ3) is 5.33. The highest BCUT2D eigenvalue weighted by Crippen LogP contribution is 2.34. The number of ether oxygens (including phenoxy) is 1. The van der Waals surface area contributed by atoms with Gasteiger partial charge in [-0.05, 0) is 25.0 Å². The lowest BCUT2D eigenvalue weighted by Gasteiger charge is -2.17. The van der Waals surface area contributed by atoms with Crippen LogP contribution in [0.2, 0.25) is 0 Å². The molecule has 1 aromatic carbocycles. The van der Waals surface area contributed by atoms with E-state index in [1.165, 1.54) is 7.11 Å². The van der Waals surface area contributed by atoms with E-state index in [-0.39, 0.29) is 17.3 Å². The van der Waals surface area contributed by atoms with Crippen LogP contribution in [-0.2, 0) is 17.6 Å². The maximum absolute atomic E-state index is 11.6. The molecule has 0 amide bonds. The van der Waals surface area contributed by atoms with E-state index in [1.54, 1.807) is 19.1 Å². The fourth-order valence-corrected chi connectivity index (χ4v) is 2.41. The Morgan fingerprint density at radius 1 is 1.42 bits per heavy atom. The van der Waals surface area contributed by atoms with Crippen molar-refractivity contribution in [2.75, 3.05) is 13.7 Å². The van der Waals surface area contributed by atoms with Crippen molar-refractivity contribution in [1.29, 1.82) is 0 Å². The first-order valence-electron chi connectivity index (χ1n) is 8.07. The molecule has 1 rings (SSSR count). The normalized spacial score (nSPS) is 11.6. The first-order valence-corrected chi connectivity index (χ1v) is 8.07. The number of hydrogen-bond acceptors (Lipinski definition) is 5. The second-order valence-corrected chi connectivity index (χ2v) is 5.56. The number of phenolic OH excluding ortho intramolecular Hbond substituents is 1. The van der Waals surface area contributed by atoms with Gasteiger partial charge in [-0.3, -0.25) is 4.79 Å². The van der Waals surface area contributed by atoms with Gasteiger partial charge in [-0.25, -0.2) is 0 Å². The maximum atomic E-state index is 11.6. The van der Waals surface area contributed by atoms with Crippen LogP contribution in [0, 0.1) is 0 Å². The summed E-state index contributed by atoms with van der Waals surface area (Å²) in [4.78, 5) is 11.6. The lowest BCUT2D eigenvalue weighted by atomic mass is 9.96. The van der Waals surface area contributed by atoms with Gasteiger partial charge in [-0.15, -0.1) is 6.58 Å². The zero-order chi connectivity index (χ0) is 18.1. The van der Waals surface area contributed by atoms with Crippen molar-refractivity contribution in [3.05, 3.63) is 47.4 Å². The van der Waals surface area contributed by atoms with Gasteiger partial charge in [0, 0.05) is 31.4 Å². The Morgan fingerprint density at radius 3 is 2.67 bits per heavy atom. The molecule has 0 atom stereocenters. The van der Waals surface area contributed by atoms with Crippen molar-refractivity contribution in [1.82, 2.24) is 5.32 Å². The molecule has 0 aliphatic heterocycles. The number of Topliss-reactive ketones (excluding diaryl/α,β-unsaturated/α-hetero) is 1. The van der Waals surface area contributed by atoms with Crippen LogP contribution in [0.1, 0.15) is 37.8 Å². The SMILES string of the molecule is C=CCN/C(Cc1ccc(OC)c(O)c1CCC(=O)CC)=C(\C)O. The smallest absolute Gasteiger partial charge is 0.161 e. The average Bonchev–Trinajstić information content (AvgIpc) is 2.57. The van der Waals surface area contributed by atoms with E-state index in [9.17, 15) is 15.0 Å². The largest absolute Gasteiger partial charge is 0.511 e. The predicted octanol–water partition coefficient (Wildman–Crippen LogP) is 3.42. The molecule has 0 aliphatic rings. The van der Waals surface area contributed by atoms with Crippen molar-refractivity contribution >= 4 is 5.78 Å². The number of methoxy groups -OCH3 is 1. The number of benzene rings is 1. The minimum Gasteiger partial charge on any atom is -0.511 e. The number of carbonyl (C=O) groups is 1. The van der Waals surface area contributed by atoms with Crippen LogP contribution in [0.25, 0.3) is 0 Å². The Kier molecular flexibility index (Phi) is 7.89. The molecule has 0 spiro atoms. The first kappa shape index (κ1) is 19.6. The number of carbonyl (C=O) groups excluding carboxylic acids is 1. The number of rotatable bonds is 10. The lowest BCUT2D eigenvalue weighted by Crippen LogP contribution is -2.17. The number of aromatic hydroxyl groups is 1. The van der Waals surface area contributed by atoms with E-state index in [2.05, 4.69) is 11.9 Å². The average molecular weight is 333 g/mol. The number of ketones is 1. The lowest BCUT2D eigenvalue weighted by molar-refractivity contribution is -0.118. The Labute approximate surface area is 143 Å². The molecule has 0 aliphatic carbocycles. The monoisotopic (exact) mass is 333 g/mol. The summed E-state index contributed by atoms with van der Waals surface area (Å²) in [6.45, 7) is 7.61. The fraction of sp³-hybridized carbons (Fsp3) is 0.421. The minimum absolute atomic E-state index is 0.0533. The van der Waals surface area contributed by atoms with E-state index in [0.717, 1.165) is 5.56 Å². The van der Waals surface area contributed by atoms with E-state index < -0.39 is 0 Å². The number of aliphatic hydroxyl groups excluding tert-OH is 1. The van der Waals surface area contributed by atoms with Crippen LogP contribution in [0.5, 0.6) is 11.5 Å². The van der Waals surface area contributed by atoms with Gasteiger partial charge in [0.1, 0.15) is 11.5 Å². The standard InChI is InChI=1S/C19H27NO4/c1-5-11-20-17(13(3)21)12-14-7-10-18(24-4)19(23)16(14)9-8-15(22)6-2/h5,7,10,20-21,23H,1,6,8-9,11-12H2,2-4H3/b17-13+. The van der Waals surface area contributed by atoms with Gasteiger partial charge < -0.3 is 20.3 Å². The zero-order valence-corrected chi connectivity index (χ0v) is 14.7. The number of allylic oxidation sites excluding steroid dienone is 2. The summed E-state index contributed by atoms with van der Waals surface area (Å²) in [5.74, 6) is 0.755. The third-order valence-electron chi connectivity index (χ3n) is 3.87. The summed E-state index contributed by atoms with van der Waals surface area (Å²) in [6, 6.07) is 3.54. The molecule has 0 unspecified atom stereocenters. The number of aliphatic hydroxyl groups is 1. The second kappa shape index (κ2) is 9.65. The van der Waals surface area contributed by atoms with Crippen molar-refractivity contribution in [3.63, 3.8) is 0 Å². The molecule has 3 N–H and O–H groups in total. The van der Waals surface area contributed by atoms with Crippen LogP contribution in [0.4, 0.5) is 0 Å². The Morgan fingerprint density at radius 2 is 2.12 bits per heavy atom. The molecule has 0 heterocycles. The summed E-state index contributed by atoms with van der Waals surface area (Å²) >= 11 is 0. The van der Waals surface area contributed by atoms with E-state index >= 15 is 0 Å². The zero-order valence-electron chi connectivity index (χ0n) is 14.7. The quantitative estimate of drug-likeness (QED) is 0.452. The third-order valence-corrected chi connectivity index (χ3v) is 3.87. The van der Waals surface area contributed by atoms with Crippen molar-refractivity contribution in [2.24, 2.45) is 0 Å². The summed E-state index contributed by atoms with van der Waals surface area (Å²) < 4.78 is 5.17. The topological polar surface area (TPSA) is 78.8 Å². The van der Waals surface area contributed by atoms with Crippen molar-refractivity contribution < 1.29 is 19.7 Å². The van der Waals surface area contributed by atoms with E-state index in [4.69, 9.17) is 4.74 Å². The van der Waals surface area contributed by atoms with Gasteiger partial charge >= 0.3 is 0 Å². The summed E-state index contributed by atoms with van der Waals surface area (Å²) in [5.41, 5.74) is 2.18. The Bertz CT molecular complexity index is 616. The molecule has 0 bridgehead atoms. The van der Waals surface area contributed by atoms with Crippen LogP contribution in [-0.4, -0.2) is 29.7 Å². The molecule has 0 fully saturated rings. The van der Waals surface area contributed by atoms with Gasteiger partial charge in [0.2, 0.25) is 0 Å². The minimum atomic E-state index is 0.0533. The van der Waals surface area contributed by atoms with Gasteiger partial charge in [-0.1, -0.05) is 19.1 Å². The molecule has 1 aromatic rings. The molecular weight excluding hydrogens is 306 g/mol. The number of nitrogens with one attached hydrogen (secondary N) is 1. The molecule has 0 saturated carbocycles.